The summed E-state index contributed by atoms with van der Waals surface area (Å²) < 4.78 is 0. The molecule has 2 aromatic carbocycles. The van der Waals surface area contributed by atoms with Gasteiger partial charge in [0, 0.05) is 5.92 Å². The minimum atomic E-state index is 0.0470. The highest BCUT2D eigenvalue weighted by Crippen LogP contribution is 2.23. The molecule has 0 fully saturated rings. The molecular weight excluding hydrogens is 232 g/mol. The molecule has 0 radical (unpaired) electrons. The van der Waals surface area contributed by atoms with Gasteiger partial charge in [-0.3, -0.25) is 0 Å². The molecule has 0 saturated carbocycles. The first-order valence-electron chi connectivity index (χ1n) is 6.59. The van der Waals surface area contributed by atoms with Gasteiger partial charge < -0.3 is 5.11 Å². The zero-order valence-corrected chi connectivity index (χ0v) is 11.3. The molecule has 0 spiro atoms. The highest BCUT2D eigenvalue weighted by atomic mass is 16.3. The lowest BCUT2D eigenvalue weighted by molar-refractivity contribution is 0.279. The summed E-state index contributed by atoms with van der Waals surface area (Å²) in [5.74, 6) is 0.0470. The van der Waals surface area contributed by atoms with E-state index in [-0.39, 0.29) is 12.5 Å². The van der Waals surface area contributed by atoms with Gasteiger partial charge >= 0.3 is 0 Å². The molecule has 0 bridgehead atoms. The van der Waals surface area contributed by atoms with Crippen LogP contribution in [0.5, 0.6) is 0 Å². The van der Waals surface area contributed by atoms with Crippen molar-refractivity contribution in [2.45, 2.75) is 19.3 Å². The molecule has 1 nitrogen and oxygen atoms in total. The summed E-state index contributed by atoms with van der Waals surface area (Å²) >= 11 is 0. The van der Waals surface area contributed by atoms with Gasteiger partial charge in [-0.15, -0.1) is 0 Å². The van der Waals surface area contributed by atoms with Crippen molar-refractivity contribution in [3.63, 3.8) is 0 Å². The Balaban J connectivity index is 2.12. The van der Waals surface area contributed by atoms with Crippen LogP contribution in [0.25, 0.3) is 0 Å². The van der Waals surface area contributed by atoms with Gasteiger partial charge in [-0.2, -0.15) is 0 Å². The van der Waals surface area contributed by atoms with Crippen molar-refractivity contribution in [1.29, 1.82) is 0 Å². The molecule has 1 atom stereocenters. The van der Waals surface area contributed by atoms with Crippen LogP contribution in [0, 0.1) is 0 Å². The molecule has 1 heteroatoms. The Hall–Kier alpha value is -1.86. The van der Waals surface area contributed by atoms with Gasteiger partial charge in [0.1, 0.15) is 0 Å². The van der Waals surface area contributed by atoms with Crippen LogP contribution in [0.2, 0.25) is 0 Å². The lowest BCUT2D eigenvalue weighted by atomic mass is 9.92. The van der Waals surface area contributed by atoms with E-state index in [1.807, 2.05) is 13.0 Å². The van der Waals surface area contributed by atoms with Crippen LogP contribution in [0.4, 0.5) is 0 Å². The lowest BCUT2D eigenvalue weighted by Crippen LogP contribution is -2.04. The average Bonchev–Trinajstić information content (AvgIpc) is 2.42. The number of aliphatic hydroxyl groups is 1. The zero-order chi connectivity index (χ0) is 13.7. The molecule has 0 aliphatic heterocycles. The zero-order valence-electron chi connectivity index (χ0n) is 11.3. The van der Waals surface area contributed by atoms with Crippen LogP contribution < -0.4 is 0 Å². The molecule has 19 heavy (non-hydrogen) atoms. The van der Waals surface area contributed by atoms with Gasteiger partial charge in [0.05, 0.1) is 6.61 Å². The van der Waals surface area contributed by atoms with Crippen molar-refractivity contribution >= 4 is 0 Å². The minimum Gasteiger partial charge on any atom is -0.395 e. The van der Waals surface area contributed by atoms with E-state index in [9.17, 15) is 5.11 Å². The molecule has 2 aromatic rings. The minimum absolute atomic E-state index is 0.0470. The van der Waals surface area contributed by atoms with Gasteiger partial charge in [-0.05, 0) is 30.0 Å². The number of rotatable bonds is 5. The second-order valence-corrected chi connectivity index (χ2v) is 4.99. The Bertz CT molecular complexity index is 525. The summed E-state index contributed by atoms with van der Waals surface area (Å²) in [6.45, 7) is 6.01. The Morgan fingerprint density at radius 1 is 1.00 bits per heavy atom. The second kappa shape index (κ2) is 6.35. The average molecular weight is 252 g/mol. The van der Waals surface area contributed by atoms with Crippen molar-refractivity contribution in [1.82, 2.24) is 0 Å². The third-order valence-electron chi connectivity index (χ3n) is 3.41. The Labute approximate surface area is 115 Å². The van der Waals surface area contributed by atoms with E-state index >= 15 is 0 Å². The Morgan fingerprint density at radius 2 is 1.58 bits per heavy atom. The highest BCUT2D eigenvalue weighted by molar-refractivity contribution is 5.33. The molecule has 0 aliphatic carbocycles. The second-order valence-electron chi connectivity index (χ2n) is 4.99. The third-order valence-corrected chi connectivity index (χ3v) is 3.41. The molecule has 0 aliphatic rings. The van der Waals surface area contributed by atoms with Crippen LogP contribution in [0.3, 0.4) is 0 Å². The maximum Gasteiger partial charge on any atom is 0.0536 e. The lowest BCUT2D eigenvalue weighted by Gasteiger charge is -2.15. The summed E-state index contributed by atoms with van der Waals surface area (Å²) in [5, 5.41) is 9.39. The van der Waals surface area contributed by atoms with Gasteiger partial charge in [-0.1, -0.05) is 66.7 Å². The van der Waals surface area contributed by atoms with Gasteiger partial charge in [0.2, 0.25) is 0 Å². The van der Waals surface area contributed by atoms with E-state index in [1.165, 1.54) is 11.1 Å². The van der Waals surface area contributed by atoms with Gasteiger partial charge in [0.25, 0.3) is 0 Å². The van der Waals surface area contributed by atoms with Crippen LogP contribution >= 0.6 is 0 Å². The molecular formula is C18H20O. The number of benzene rings is 2. The fourth-order valence-corrected chi connectivity index (χ4v) is 2.25. The van der Waals surface area contributed by atoms with E-state index in [0.29, 0.717) is 0 Å². The smallest absolute Gasteiger partial charge is 0.0536 e. The standard InChI is InChI=1S/C18H20O/c1-14(2)18(13-19)17-10-8-16(9-11-17)12-15-6-4-3-5-7-15/h3-11,18-19H,1,12-13H2,2H3. The molecule has 0 saturated heterocycles. The monoisotopic (exact) mass is 252 g/mol. The molecule has 1 N–H and O–H groups in total. The number of hydrogen-bond donors (Lipinski definition) is 1. The molecule has 2 rings (SSSR count). The number of aliphatic hydroxyl groups excluding tert-OH is 1. The normalized spacial score (nSPS) is 12.1. The van der Waals surface area contributed by atoms with Crippen molar-refractivity contribution in [3.8, 4) is 0 Å². The maximum absolute atomic E-state index is 9.39. The quantitative estimate of drug-likeness (QED) is 0.799. The highest BCUT2D eigenvalue weighted by Gasteiger charge is 2.10. The van der Waals surface area contributed by atoms with E-state index in [0.717, 1.165) is 17.6 Å². The van der Waals surface area contributed by atoms with E-state index < -0.39 is 0 Å². The first kappa shape index (κ1) is 13.6. The first-order chi connectivity index (χ1) is 9.20. The molecule has 0 amide bonds. The van der Waals surface area contributed by atoms with Gasteiger partial charge in [-0.25, -0.2) is 0 Å². The van der Waals surface area contributed by atoms with Crippen LogP contribution in [-0.4, -0.2) is 11.7 Å². The third kappa shape index (κ3) is 3.55. The van der Waals surface area contributed by atoms with E-state index in [2.05, 4.69) is 55.1 Å². The predicted molar refractivity (Wildman–Crippen MR) is 80.3 cm³/mol. The summed E-state index contributed by atoms with van der Waals surface area (Å²) in [6.07, 6.45) is 0.942. The van der Waals surface area contributed by atoms with Crippen molar-refractivity contribution in [3.05, 3.63) is 83.4 Å². The fraction of sp³-hybridized carbons (Fsp3) is 0.222. The summed E-state index contributed by atoms with van der Waals surface area (Å²) in [6, 6.07) is 18.9. The largest absolute Gasteiger partial charge is 0.395 e. The predicted octanol–water partition coefficient (Wildman–Crippen LogP) is 3.93. The Kier molecular flexibility index (Phi) is 4.53. The summed E-state index contributed by atoms with van der Waals surface area (Å²) in [5.41, 5.74) is 4.73. The van der Waals surface area contributed by atoms with Crippen LogP contribution in [0.1, 0.15) is 29.5 Å². The molecule has 98 valence electrons. The summed E-state index contributed by atoms with van der Waals surface area (Å²) in [4.78, 5) is 0. The van der Waals surface area contributed by atoms with Crippen molar-refractivity contribution in [2.75, 3.05) is 6.61 Å². The van der Waals surface area contributed by atoms with Crippen molar-refractivity contribution in [2.24, 2.45) is 0 Å². The van der Waals surface area contributed by atoms with E-state index in [1.54, 1.807) is 0 Å². The molecule has 1 unspecified atom stereocenters. The van der Waals surface area contributed by atoms with Gasteiger partial charge in [0.15, 0.2) is 0 Å². The van der Waals surface area contributed by atoms with Crippen molar-refractivity contribution < 1.29 is 5.11 Å². The first-order valence-corrected chi connectivity index (χ1v) is 6.59. The molecule has 0 aromatic heterocycles. The fourth-order valence-electron chi connectivity index (χ4n) is 2.25. The topological polar surface area (TPSA) is 20.2 Å². The number of hydrogen-bond acceptors (Lipinski definition) is 1. The maximum atomic E-state index is 9.39. The van der Waals surface area contributed by atoms with Crippen LogP contribution in [0.15, 0.2) is 66.7 Å². The summed E-state index contributed by atoms with van der Waals surface area (Å²) in [7, 11) is 0. The Morgan fingerprint density at radius 3 is 2.11 bits per heavy atom. The molecule has 0 heterocycles. The van der Waals surface area contributed by atoms with E-state index in [4.69, 9.17) is 0 Å². The van der Waals surface area contributed by atoms with Crippen LogP contribution in [-0.2, 0) is 6.42 Å². The SMILES string of the molecule is C=C(C)C(CO)c1ccc(Cc2ccccc2)cc1.